The van der Waals surface area contributed by atoms with Gasteiger partial charge in [0.15, 0.2) is 0 Å². The molecule has 2 unspecified atom stereocenters. The van der Waals surface area contributed by atoms with E-state index in [-0.39, 0.29) is 6.04 Å². The highest BCUT2D eigenvalue weighted by atomic mass is 16.1. The lowest BCUT2D eigenvalue weighted by Gasteiger charge is -2.28. The number of aldehydes is 1. The minimum Gasteiger partial charge on any atom is -0.306 e. The van der Waals surface area contributed by atoms with Crippen molar-refractivity contribution in [2.45, 2.75) is 45.1 Å². The zero-order chi connectivity index (χ0) is 13.0. The summed E-state index contributed by atoms with van der Waals surface area (Å²) in [6, 6.07) is 0.212. The van der Waals surface area contributed by atoms with E-state index in [2.05, 4.69) is 23.8 Å². The molecule has 1 saturated heterocycles. The van der Waals surface area contributed by atoms with Crippen molar-refractivity contribution >= 4 is 6.29 Å². The third kappa shape index (κ3) is 3.33. The van der Waals surface area contributed by atoms with Crippen molar-refractivity contribution in [3.8, 4) is 0 Å². The maximum absolute atomic E-state index is 11.4. The fraction of sp³-hybridized carbons (Fsp3) is 0.933. The van der Waals surface area contributed by atoms with Gasteiger partial charge < -0.3 is 9.69 Å². The molecular formula is C15H28N2O. The minimum absolute atomic E-state index is 0.212. The molecule has 2 aliphatic rings. The molecule has 0 aromatic rings. The predicted molar refractivity (Wildman–Crippen MR) is 74.7 cm³/mol. The van der Waals surface area contributed by atoms with Crippen molar-refractivity contribution in [3.63, 3.8) is 0 Å². The average molecular weight is 252 g/mol. The first kappa shape index (κ1) is 14.0. The van der Waals surface area contributed by atoms with Gasteiger partial charge in [0.25, 0.3) is 0 Å². The second-order valence-electron chi connectivity index (χ2n) is 6.18. The van der Waals surface area contributed by atoms with E-state index in [9.17, 15) is 4.79 Å². The minimum atomic E-state index is 0.212. The van der Waals surface area contributed by atoms with Crippen molar-refractivity contribution in [2.24, 2.45) is 11.8 Å². The fourth-order valence-corrected chi connectivity index (χ4v) is 3.65. The Kier molecular flexibility index (Phi) is 5.19. The molecule has 3 heteroatoms. The van der Waals surface area contributed by atoms with Gasteiger partial charge in [-0.05, 0) is 51.2 Å². The standard InChI is InChI=1S/C15H28N2O/c1-3-16(2)10-13-8-9-17(11-13)15(12-18)14-6-4-5-7-14/h12-15H,3-11H2,1-2H3. The van der Waals surface area contributed by atoms with Crippen LogP contribution in [0.2, 0.25) is 0 Å². The van der Waals surface area contributed by atoms with Gasteiger partial charge in [0.2, 0.25) is 0 Å². The van der Waals surface area contributed by atoms with Gasteiger partial charge in [-0.3, -0.25) is 4.90 Å². The highest BCUT2D eigenvalue weighted by molar-refractivity contribution is 5.58. The Labute approximate surface area is 112 Å². The van der Waals surface area contributed by atoms with Crippen LogP contribution in [-0.4, -0.2) is 55.4 Å². The van der Waals surface area contributed by atoms with Crippen LogP contribution >= 0.6 is 0 Å². The average Bonchev–Trinajstić information content (AvgIpc) is 3.02. The molecule has 0 spiro atoms. The maximum Gasteiger partial charge on any atom is 0.137 e. The van der Waals surface area contributed by atoms with Crippen molar-refractivity contribution in [3.05, 3.63) is 0 Å². The van der Waals surface area contributed by atoms with E-state index in [0.29, 0.717) is 5.92 Å². The molecular weight excluding hydrogens is 224 g/mol. The summed E-state index contributed by atoms with van der Waals surface area (Å²) in [4.78, 5) is 16.3. The summed E-state index contributed by atoms with van der Waals surface area (Å²) in [5.41, 5.74) is 0. The quantitative estimate of drug-likeness (QED) is 0.676. The van der Waals surface area contributed by atoms with E-state index in [4.69, 9.17) is 0 Å². The van der Waals surface area contributed by atoms with Gasteiger partial charge in [-0.2, -0.15) is 0 Å². The van der Waals surface area contributed by atoms with Crippen LogP contribution in [0.15, 0.2) is 0 Å². The zero-order valence-corrected chi connectivity index (χ0v) is 12.0. The van der Waals surface area contributed by atoms with Crippen LogP contribution in [-0.2, 0) is 4.79 Å². The van der Waals surface area contributed by atoms with Gasteiger partial charge in [-0.25, -0.2) is 0 Å². The van der Waals surface area contributed by atoms with E-state index in [1.54, 1.807) is 0 Å². The Balaban J connectivity index is 1.84. The second kappa shape index (κ2) is 6.67. The van der Waals surface area contributed by atoms with Crippen LogP contribution in [0.25, 0.3) is 0 Å². The summed E-state index contributed by atoms with van der Waals surface area (Å²) < 4.78 is 0. The third-order valence-corrected chi connectivity index (χ3v) is 4.87. The van der Waals surface area contributed by atoms with E-state index < -0.39 is 0 Å². The molecule has 2 atom stereocenters. The molecule has 0 aromatic heterocycles. The van der Waals surface area contributed by atoms with Crippen LogP contribution in [0, 0.1) is 11.8 Å². The normalized spacial score (nSPS) is 28.1. The number of hydrogen-bond acceptors (Lipinski definition) is 3. The molecule has 18 heavy (non-hydrogen) atoms. The molecule has 2 rings (SSSR count). The number of carbonyl (C=O) groups excluding carboxylic acids is 1. The fourth-order valence-electron chi connectivity index (χ4n) is 3.65. The SMILES string of the molecule is CCN(C)CC1CCN(C(C=O)C2CCCC2)C1. The molecule has 0 bridgehead atoms. The van der Waals surface area contributed by atoms with Gasteiger partial charge in [-0.1, -0.05) is 19.8 Å². The lowest BCUT2D eigenvalue weighted by Crippen LogP contribution is -2.40. The molecule has 1 heterocycles. The lowest BCUT2D eigenvalue weighted by atomic mass is 9.98. The topological polar surface area (TPSA) is 23.6 Å². The molecule has 1 aliphatic carbocycles. The zero-order valence-electron chi connectivity index (χ0n) is 12.0. The number of likely N-dealkylation sites (tertiary alicyclic amines) is 1. The molecule has 0 radical (unpaired) electrons. The second-order valence-corrected chi connectivity index (χ2v) is 6.18. The number of hydrogen-bond donors (Lipinski definition) is 0. The first-order valence-corrected chi connectivity index (χ1v) is 7.62. The van der Waals surface area contributed by atoms with Gasteiger partial charge >= 0.3 is 0 Å². The Morgan fingerprint density at radius 1 is 1.33 bits per heavy atom. The summed E-state index contributed by atoms with van der Waals surface area (Å²) in [5.74, 6) is 1.41. The largest absolute Gasteiger partial charge is 0.306 e. The van der Waals surface area contributed by atoms with Gasteiger partial charge in [0.05, 0.1) is 6.04 Å². The van der Waals surface area contributed by atoms with Crippen LogP contribution in [0.5, 0.6) is 0 Å². The Hall–Kier alpha value is -0.410. The van der Waals surface area contributed by atoms with E-state index in [1.807, 2.05) is 0 Å². The number of rotatable bonds is 6. The summed E-state index contributed by atoms with van der Waals surface area (Å²) >= 11 is 0. The van der Waals surface area contributed by atoms with Crippen LogP contribution < -0.4 is 0 Å². The van der Waals surface area contributed by atoms with Crippen molar-refractivity contribution in [1.29, 1.82) is 0 Å². The van der Waals surface area contributed by atoms with Gasteiger partial charge in [-0.15, -0.1) is 0 Å². The van der Waals surface area contributed by atoms with Crippen molar-refractivity contribution < 1.29 is 4.79 Å². The molecule has 0 aromatic carbocycles. The monoisotopic (exact) mass is 252 g/mol. The van der Waals surface area contributed by atoms with Crippen molar-refractivity contribution in [2.75, 3.05) is 33.2 Å². The molecule has 104 valence electrons. The molecule has 2 fully saturated rings. The first-order valence-electron chi connectivity index (χ1n) is 7.62. The molecule has 1 saturated carbocycles. The Morgan fingerprint density at radius 2 is 2.06 bits per heavy atom. The van der Waals surface area contributed by atoms with Crippen molar-refractivity contribution in [1.82, 2.24) is 9.80 Å². The number of nitrogens with zero attached hydrogens (tertiary/aromatic N) is 2. The number of carbonyl (C=O) groups is 1. The highest BCUT2D eigenvalue weighted by Gasteiger charge is 2.34. The highest BCUT2D eigenvalue weighted by Crippen LogP contribution is 2.32. The summed E-state index contributed by atoms with van der Waals surface area (Å²) in [6.07, 6.45) is 7.66. The molecule has 0 N–H and O–H groups in total. The summed E-state index contributed by atoms with van der Waals surface area (Å²) in [5, 5.41) is 0. The van der Waals surface area contributed by atoms with E-state index in [0.717, 1.165) is 25.6 Å². The Morgan fingerprint density at radius 3 is 2.67 bits per heavy atom. The van der Waals surface area contributed by atoms with Crippen LogP contribution in [0.3, 0.4) is 0 Å². The van der Waals surface area contributed by atoms with Crippen LogP contribution in [0.1, 0.15) is 39.0 Å². The van der Waals surface area contributed by atoms with E-state index >= 15 is 0 Å². The summed E-state index contributed by atoms with van der Waals surface area (Å²) in [6.45, 7) is 6.77. The smallest absolute Gasteiger partial charge is 0.137 e. The maximum atomic E-state index is 11.4. The first-order chi connectivity index (χ1) is 8.74. The molecule has 0 amide bonds. The third-order valence-electron chi connectivity index (χ3n) is 4.87. The summed E-state index contributed by atoms with van der Waals surface area (Å²) in [7, 11) is 2.19. The molecule has 3 nitrogen and oxygen atoms in total. The molecule has 1 aliphatic heterocycles. The van der Waals surface area contributed by atoms with Gasteiger partial charge in [0, 0.05) is 13.1 Å². The van der Waals surface area contributed by atoms with E-state index in [1.165, 1.54) is 44.9 Å². The lowest BCUT2D eigenvalue weighted by molar-refractivity contribution is -0.113. The van der Waals surface area contributed by atoms with Gasteiger partial charge in [0.1, 0.15) is 6.29 Å². The predicted octanol–water partition coefficient (Wildman–Crippen LogP) is 2.02. The Bertz CT molecular complexity index is 263. The van der Waals surface area contributed by atoms with Crippen LogP contribution in [0.4, 0.5) is 0 Å².